The third-order valence-electron chi connectivity index (χ3n) is 2.55. The summed E-state index contributed by atoms with van der Waals surface area (Å²) in [7, 11) is -2.51. The third-order valence-corrected chi connectivity index (χ3v) is 4.05. The van der Waals surface area contributed by atoms with Crippen LogP contribution in [0.5, 0.6) is 5.75 Å². The minimum absolute atomic E-state index is 0.0129. The van der Waals surface area contributed by atoms with Crippen LogP contribution in [0.15, 0.2) is 23.1 Å². The molecule has 0 amide bonds. The normalized spacial score (nSPS) is 11.6. The number of aromatic carboxylic acids is 1. The molecule has 0 aliphatic heterocycles. The quantitative estimate of drug-likeness (QED) is 0.696. The van der Waals surface area contributed by atoms with Crippen molar-refractivity contribution in [2.75, 3.05) is 20.3 Å². The SMILES string of the molecule is COc1cc(C(=O)O)ccc1S(=O)(=O)NCCOC(C)C. The molecule has 1 aromatic rings. The number of sulfonamides is 1. The summed E-state index contributed by atoms with van der Waals surface area (Å²) in [6.07, 6.45) is 0.0129. The lowest BCUT2D eigenvalue weighted by atomic mass is 10.2. The van der Waals surface area contributed by atoms with Crippen LogP contribution in [0.4, 0.5) is 0 Å². The van der Waals surface area contributed by atoms with E-state index in [-0.39, 0.29) is 35.5 Å². The fourth-order valence-electron chi connectivity index (χ4n) is 1.57. The van der Waals surface area contributed by atoms with E-state index < -0.39 is 16.0 Å². The van der Waals surface area contributed by atoms with E-state index in [9.17, 15) is 13.2 Å². The molecular formula is C13H19NO6S. The monoisotopic (exact) mass is 317 g/mol. The average molecular weight is 317 g/mol. The van der Waals surface area contributed by atoms with Gasteiger partial charge in [0, 0.05) is 6.54 Å². The molecule has 0 atom stereocenters. The molecule has 0 aromatic heterocycles. The molecule has 0 radical (unpaired) electrons. The van der Waals surface area contributed by atoms with Crippen molar-refractivity contribution in [3.8, 4) is 5.75 Å². The van der Waals surface area contributed by atoms with Crippen molar-refractivity contribution in [2.24, 2.45) is 0 Å². The van der Waals surface area contributed by atoms with E-state index >= 15 is 0 Å². The van der Waals surface area contributed by atoms with Crippen molar-refractivity contribution >= 4 is 16.0 Å². The van der Waals surface area contributed by atoms with Gasteiger partial charge in [-0.15, -0.1) is 0 Å². The Morgan fingerprint density at radius 1 is 1.38 bits per heavy atom. The molecule has 118 valence electrons. The number of hydrogen-bond acceptors (Lipinski definition) is 5. The first-order valence-corrected chi connectivity index (χ1v) is 7.79. The van der Waals surface area contributed by atoms with Gasteiger partial charge in [-0.05, 0) is 32.0 Å². The Morgan fingerprint density at radius 3 is 2.57 bits per heavy atom. The fourth-order valence-corrected chi connectivity index (χ4v) is 2.73. The largest absolute Gasteiger partial charge is 0.495 e. The van der Waals surface area contributed by atoms with Crippen LogP contribution < -0.4 is 9.46 Å². The first kappa shape index (κ1) is 17.4. The molecule has 0 spiro atoms. The van der Waals surface area contributed by atoms with E-state index in [1.54, 1.807) is 0 Å². The number of methoxy groups -OCH3 is 1. The van der Waals surface area contributed by atoms with Gasteiger partial charge in [-0.1, -0.05) is 0 Å². The maximum Gasteiger partial charge on any atom is 0.335 e. The third kappa shape index (κ3) is 5.00. The van der Waals surface area contributed by atoms with Gasteiger partial charge in [0.15, 0.2) is 0 Å². The summed E-state index contributed by atoms with van der Waals surface area (Å²) in [5, 5.41) is 8.89. The molecule has 0 fully saturated rings. The van der Waals surface area contributed by atoms with E-state index in [2.05, 4.69) is 4.72 Å². The van der Waals surface area contributed by atoms with Crippen LogP contribution in [-0.2, 0) is 14.8 Å². The summed E-state index contributed by atoms with van der Waals surface area (Å²) < 4.78 is 36.9. The zero-order valence-corrected chi connectivity index (χ0v) is 12.9. The minimum Gasteiger partial charge on any atom is -0.495 e. The second kappa shape index (κ2) is 7.39. The molecule has 1 rings (SSSR count). The minimum atomic E-state index is -3.79. The van der Waals surface area contributed by atoms with Crippen LogP contribution in [0.2, 0.25) is 0 Å². The summed E-state index contributed by atoms with van der Waals surface area (Å²) >= 11 is 0. The maximum atomic E-state index is 12.1. The molecule has 0 saturated carbocycles. The van der Waals surface area contributed by atoms with E-state index in [0.29, 0.717) is 0 Å². The first-order chi connectivity index (χ1) is 9.77. The van der Waals surface area contributed by atoms with Gasteiger partial charge in [0.25, 0.3) is 0 Å². The molecule has 0 saturated heterocycles. The number of benzene rings is 1. The van der Waals surface area contributed by atoms with Gasteiger partial charge in [-0.25, -0.2) is 17.9 Å². The van der Waals surface area contributed by atoms with Crippen LogP contribution in [0, 0.1) is 0 Å². The van der Waals surface area contributed by atoms with Crippen molar-refractivity contribution in [3.05, 3.63) is 23.8 Å². The smallest absolute Gasteiger partial charge is 0.335 e. The van der Waals surface area contributed by atoms with Gasteiger partial charge in [0.05, 0.1) is 25.4 Å². The lowest BCUT2D eigenvalue weighted by Crippen LogP contribution is -2.28. The Balaban J connectivity index is 2.90. The summed E-state index contributed by atoms with van der Waals surface area (Å²) in [5.74, 6) is -1.18. The van der Waals surface area contributed by atoms with Crippen molar-refractivity contribution in [1.29, 1.82) is 0 Å². The maximum absolute atomic E-state index is 12.1. The van der Waals surface area contributed by atoms with Gasteiger partial charge in [0.2, 0.25) is 10.0 Å². The van der Waals surface area contributed by atoms with Gasteiger partial charge >= 0.3 is 5.97 Å². The molecule has 2 N–H and O–H groups in total. The van der Waals surface area contributed by atoms with E-state index in [0.717, 1.165) is 0 Å². The highest BCUT2D eigenvalue weighted by molar-refractivity contribution is 7.89. The second-order valence-electron chi connectivity index (χ2n) is 4.49. The highest BCUT2D eigenvalue weighted by Crippen LogP contribution is 2.24. The number of carbonyl (C=O) groups is 1. The Labute approximate surface area is 123 Å². The van der Waals surface area contributed by atoms with Crippen molar-refractivity contribution in [3.63, 3.8) is 0 Å². The number of ether oxygens (including phenoxy) is 2. The summed E-state index contributed by atoms with van der Waals surface area (Å²) in [6, 6.07) is 3.58. The second-order valence-corrected chi connectivity index (χ2v) is 6.22. The number of nitrogens with one attached hydrogen (secondary N) is 1. The lowest BCUT2D eigenvalue weighted by Gasteiger charge is -2.12. The molecule has 0 aliphatic rings. The molecule has 8 heteroatoms. The van der Waals surface area contributed by atoms with Gasteiger partial charge in [-0.2, -0.15) is 0 Å². The predicted molar refractivity (Wildman–Crippen MR) is 76.2 cm³/mol. The Bertz CT molecular complexity index is 597. The zero-order valence-electron chi connectivity index (χ0n) is 12.1. The highest BCUT2D eigenvalue weighted by atomic mass is 32.2. The summed E-state index contributed by atoms with van der Waals surface area (Å²) in [4.78, 5) is 10.8. The molecule has 0 bridgehead atoms. The average Bonchev–Trinajstić information content (AvgIpc) is 2.42. The topological polar surface area (TPSA) is 102 Å². The molecule has 1 aromatic carbocycles. The lowest BCUT2D eigenvalue weighted by molar-refractivity contribution is 0.0696. The zero-order chi connectivity index (χ0) is 16.0. The van der Waals surface area contributed by atoms with Crippen molar-refractivity contribution in [1.82, 2.24) is 4.72 Å². The first-order valence-electron chi connectivity index (χ1n) is 6.30. The summed E-state index contributed by atoms with van der Waals surface area (Å²) in [5.41, 5.74) is -0.0473. The van der Waals surface area contributed by atoms with Crippen LogP contribution in [0.3, 0.4) is 0 Å². The van der Waals surface area contributed by atoms with E-state index in [1.165, 1.54) is 25.3 Å². The standard InChI is InChI=1S/C13H19NO6S/c1-9(2)20-7-6-14-21(17,18)12-5-4-10(13(15)16)8-11(12)19-3/h4-5,8-9,14H,6-7H2,1-3H3,(H,15,16). The highest BCUT2D eigenvalue weighted by Gasteiger charge is 2.20. The molecule has 0 heterocycles. The number of carboxylic acid groups (broad SMARTS) is 1. The summed E-state index contributed by atoms with van der Waals surface area (Å²) in [6.45, 7) is 4.06. The van der Waals surface area contributed by atoms with Crippen molar-refractivity contribution in [2.45, 2.75) is 24.8 Å². The Kier molecular flexibility index (Phi) is 6.13. The number of carboxylic acids is 1. The van der Waals surface area contributed by atoms with Gasteiger partial charge in [-0.3, -0.25) is 0 Å². The van der Waals surface area contributed by atoms with Gasteiger partial charge < -0.3 is 14.6 Å². The number of rotatable bonds is 8. The van der Waals surface area contributed by atoms with Crippen LogP contribution in [0.25, 0.3) is 0 Å². The number of hydrogen-bond donors (Lipinski definition) is 2. The van der Waals surface area contributed by atoms with Gasteiger partial charge in [0.1, 0.15) is 10.6 Å². The molecule has 0 aliphatic carbocycles. The van der Waals surface area contributed by atoms with Crippen LogP contribution in [-0.4, -0.2) is 45.9 Å². The Hall–Kier alpha value is -1.64. The van der Waals surface area contributed by atoms with Crippen LogP contribution >= 0.6 is 0 Å². The Morgan fingerprint density at radius 2 is 2.05 bits per heavy atom. The van der Waals surface area contributed by atoms with E-state index in [4.69, 9.17) is 14.6 Å². The fraction of sp³-hybridized carbons (Fsp3) is 0.462. The van der Waals surface area contributed by atoms with Crippen LogP contribution in [0.1, 0.15) is 24.2 Å². The van der Waals surface area contributed by atoms with E-state index in [1.807, 2.05) is 13.8 Å². The molecule has 21 heavy (non-hydrogen) atoms. The predicted octanol–water partition coefficient (Wildman–Crippen LogP) is 1.10. The van der Waals surface area contributed by atoms with Crippen molar-refractivity contribution < 1.29 is 27.8 Å². The molecule has 7 nitrogen and oxygen atoms in total. The molecular weight excluding hydrogens is 298 g/mol. The molecule has 0 unspecified atom stereocenters.